The van der Waals surface area contributed by atoms with E-state index in [4.69, 9.17) is 4.42 Å². The maximum absolute atomic E-state index is 13.3. The molecule has 0 radical (unpaired) electrons. The summed E-state index contributed by atoms with van der Waals surface area (Å²) in [6.07, 6.45) is 9.29. The van der Waals surface area contributed by atoms with E-state index >= 15 is 0 Å². The normalized spacial score (nSPS) is 13.7. The lowest BCUT2D eigenvalue weighted by molar-refractivity contribution is -0.139. The van der Waals surface area contributed by atoms with Crippen molar-refractivity contribution in [1.29, 1.82) is 0 Å². The van der Waals surface area contributed by atoms with Crippen molar-refractivity contribution in [2.75, 3.05) is 0 Å². The Bertz CT molecular complexity index is 1350. The zero-order chi connectivity index (χ0) is 24.2. The Morgan fingerprint density at radius 3 is 2.66 bits per heavy atom. The van der Waals surface area contributed by atoms with Gasteiger partial charge in [0.25, 0.3) is 11.8 Å². The highest BCUT2D eigenvalue weighted by Gasteiger charge is 2.32. The second-order valence-corrected chi connectivity index (χ2v) is 8.22. The van der Waals surface area contributed by atoms with Crippen molar-refractivity contribution < 1.29 is 18.8 Å². The number of rotatable bonds is 9. The van der Waals surface area contributed by atoms with E-state index in [1.54, 1.807) is 18.3 Å². The maximum atomic E-state index is 13.3. The van der Waals surface area contributed by atoms with Gasteiger partial charge >= 0.3 is 0 Å². The molecule has 3 heterocycles. The summed E-state index contributed by atoms with van der Waals surface area (Å²) in [5, 5.41) is 5.43. The number of nitrogens with zero attached hydrogens (tertiary/aromatic N) is 4. The lowest BCUT2D eigenvalue weighted by Gasteiger charge is -2.18. The first-order valence-electron chi connectivity index (χ1n) is 11.2. The van der Waals surface area contributed by atoms with E-state index in [0.29, 0.717) is 17.3 Å². The van der Waals surface area contributed by atoms with E-state index < -0.39 is 23.6 Å². The minimum atomic E-state index is -1.04. The molecule has 1 saturated carbocycles. The Hall–Kier alpha value is -4.60. The standard InChI is InChI=1S/C25H22N6O4/c32-22(24(34)29-18-6-7-18)19(12-16-4-2-1-3-5-16)30-23(33)20-14-26-15-31(20)21-13-17(8-9-27-21)25-28-10-11-35-25/h1-5,8-11,13-15,18-19H,6-7,12H2,(H,29,34)(H,30,33). The molecule has 3 aromatic heterocycles. The molecule has 176 valence electrons. The van der Waals surface area contributed by atoms with Crippen molar-refractivity contribution >= 4 is 17.6 Å². The smallest absolute Gasteiger partial charge is 0.289 e. The van der Waals surface area contributed by atoms with Gasteiger partial charge in [0.05, 0.1) is 12.4 Å². The summed E-state index contributed by atoms with van der Waals surface area (Å²) in [4.78, 5) is 51.3. The number of carbonyl (C=O) groups is 3. The third kappa shape index (κ3) is 5.16. The van der Waals surface area contributed by atoms with Crippen molar-refractivity contribution in [1.82, 2.24) is 30.2 Å². The highest BCUT2D eigenvalue weighted by atomic mass is 16.3. The van der Waals surface area contributed by atoms with Crippen LogP contribution in [0, 0.1) is 0 Å². The van der Waals surface area contributed by atoms with Gasteiger partial charge in [-0.05, 0) is 30.5 Å². The van der Waals surface area contributed by atoms with Crippen LogP contribution in [0.25, 0.3) is 17.3 Å². The summed E-state index contributed by atoms with van der Waals surface area (Å²) in [7, 11) is 0. The molecule has 0 bridgehead atoms. The zero-order valence-corrected chi connectivity index (χ0v) is 18.6. The molecule has 0 saturated heterocycles. The lowest BCUT2D eigenvalue weighted by Crippen LogP contribution is -2.49. The van der Waals surface area contributed by atoms with Crippen LogP contribution in [0.15, 0.2) is 78.1 Å². The van der Waals surface area contributed by atoms with Gasteiger partial charge in [-0.3, -0.25) is 19.0 Å². The second-order valence-electron chi connectivity index (χ2n) is 8.22. The molecule has 1 atom stereocenters. The van der Waals surface area contributed by atoms with Crippen LogP contribution in [-0.2, 0) is 16.0 Å². The van der Waals surface area contributed by atoms with Crippen LogP contribution in [0.3, 0.4) is 0 Å². The average molecular weight is 470 g/mol. The van der Waals surface area contributed by atoms with Crippen LogP contribution in [-0.4, -0.2) is 49.2 Å². The van der Waals surface area contributed by atoms with E-state index in [2.05, 4.69) is 25.6 Å². The van der Waals surface area contributed by atoms with Crippen LogP contribution in [0.4, 0.5) is 0 Å². The van der Waals surface area contributed by atoms with E-state index in [-0.39, 0.29) is 18.2 Å². The first-order chi connectivity index (χ1) is 17.1. The van der Waals surface area contributed by atoms with Gasteiger partial charge in [0.2, 0.25) is 11.7 Å². The van der Waals surface area contributed by atoms with Crippen molar-refractivity contribution in [2.24, 2.45) is 0 Å². The molecule has 0 spiro atoms. The number of hydrogen-bond acceptors (Lipinski definition) is 7. The van der Waals surface area contributed by atoms with Gasteiger partial charge in [-0.25, -0.2) is 15.0 Å². The predicted molar refractivity (Wildman–Crippen MR) is 124 cm³/mol. The summed E-state index contributed by atoms with van der Waals surface area (Å²) in [6.45, 7) is 0. The molecule has 1 aliphatic carbocycles. The van der Waals surface area contributed by atoms with Crippen molar-refractivity contribution in [3.05, 3.63) is 84.9 Å². The van der Waals surface area contributed by atoms with Crippen LogP contribution >= 0.6 is 0 Å². The number of hydrogen-bond donors (Lipinski definition) is 2. The van der Waals surface area contributed by atoms with Crippen LogP contribution in [0.1, 0.15) is 28.9 Å². The number of ketones is 1. The summed E-state index contributed by atoms with van der Waals surface area (Å²) >= 11 is 0. The number of aromatic nitrogens is 4. The first kappa shape index (κ1) is 22.2. The van der Waals surface area contributed by atoms with E-state index in [1.807, 2.05) is 30.3 Å². The molecule has 35 heavy (non-hydrogen) atoms. The van der Waals surface area contributed by atoms with E-state index in [0.717, 1.165) is 18.4 Å². The Morgan fingerprint density at radius 1 is 1.09 bits per heavy atom. The predicted octanol–water partition coefficient (Wildman–Crippen LogP) is 2.11. The van der Waals surface area contributed by atoms with Gasteiger partial charge in [-0.1, -0.05) is 30.3 Å². The number of benzene rings is 1. The van der Waals surface area contributed by atoms with E-state index in [1.165, 1.54) is 29.6 Å². The summed E-state index contributed by atoms with van der Waals surface area (Å²) in [5.41, 5.74) is 1.66. The topological polar surface area (TPSA) is 132 Å². The van der Waals surface area contributed by atoms with Gasteiger partial charge in [-0.15, -0.1) is 0 Å². The Balaban J connectivity index is 1.39. The van der Waals surface area contributed by atoms with E-state index in [9.17, 15) is 14.4 Å². The minimum Gasteiger partial charge on any atom is -0.445 e. The number of Topliss-reactive ketones (excluding diaryl/α,β-unsaturated/α-hetero) is 1. The molecule has 1 unspecified atom stereocenters. The number of imidazole rings is 1. The number of amides is 2. The van der Waals surface area contributed by atoms with Gasteiger partial charge in [0.1, 0.15) is 30.1 Å². The molecule has 10 heteroatoms. The quantitative estimate of drug-likeness (QED) is 0.358. The first-order valence-corrected chi connectivity index (χ1v) is 11.2. The molecular formula is C25H22N6O4. The molecule has 1 aliphatic rings. The van der Waals surface area contributed by atoms with Gasteiger partial charge in [-0.2, -0.15) is 0 Å². The molecule has 4 aromatic rings. The molecule has 2 N–H and O–H groups in total. The molecule has 1 fully saturated rings. The van der Waals surface area contributed by atoms with Gasteiger partial charge < -0.3 is 15.1 Å². The highest BCUT2D eigenvalue weighted by Crippen LogP contribution is 2.20. The second kappa shape index (κ2) is 9.72. The Labute approximate surface area is 200 Å². The number of pyridine rings is 1. The molecular weight excluding hydrogens is 448 g/mol. The van der Waals surface area contributed by atoms with Crippen molar-refractivity contribution in [2.45, 2.75) is 31.3 Å². The number of carbonyl (C=O) groups excluding carboxylic acids is 3. The van der Waals surface area contributed by atoms with Crippen LogP contribution in [0.2, 0.25) is 0 Å². The molecule has 1 aromatic carbocycles. The molecule has 2 amide bonds. The largest absolute Gasteiger partial charge is 0.445 e. The monoisotopic (exact) mass is 470 g/mol. The minimum absolute atomic E-state index is 0.0305. The SMILES string of the molecule is O=C(NC1CC1)C(=O)C(Cc1ccccc1)NC(=O)c1cncn1-c1cc(-c2ncco2)ccn1. The van der Waals surface area contributed by atoms with Crippen LogP contribution in [0.5, 0.6) is 0 Å². The zero-order valence-electron chi connectivity index (χ0n) is 18.6. The maximum Gasteiger partial charge on any atom is 0.289 e. The number of oxazole rings is 1. The number of nitrogens with one attached hydrogen (secondary N) is 2. The summed E-state index contributed by atoms with van der Waals surface area (Å²) in [5.74, 6) is -1.11. The third-order valence-electron chi connectivity index (χ3n) is 5.58. The van der Waals surface area contributed by atoms with Crippen molar-refractivity contribution in [3.63, 3.8) is 0 Å². The van der Waals surface area contributed by atoms with Crippen molar-refractivity contribution in [3.8, 4) is 17.3 Å². The molecule has 10 nitrogen and oxygen atoms in total. The van der Waals surface area contributed by atoms with Gasteiger partial charge in [0.15, 0.2) is 0 Å². The Kier molecular flexibility index (Phi) is 6.16. The third-order valence-corrected chi connectivity index (χ3v) is 5.58. The van der Waals surface area contributed by atoms with Crippen LogP contribution < -0.4 is 10.6 Å². The summed E-state index contributed by atoms with van der Waals surface area (Å²) in [6, 6.07) is 11.6. The fourth-order valence-electron chi connectivity index (χ4n) is 3.63. The fraction of sp³-hybridized carbons (Fsp3) is 0.200. The summed E-state index contributed by atoms with van der Waals surface area (Å²) < 4.78 is 6.84. The molecule has 5 rings (SSSR count). The highest BCUT2D eigenvalue weighted by molar-refractivity contribution is 6.38. The average Bonchev–Trinajstić information content (AvgIpc) is 3.33. The molecule has 0 aliphatic heterocycles. The lowest BCUT2D eigenvalue weighted by atomic mass is 10.0. The van der Waals surface area contributed by atoms with Gasteiger partial charge in [0, 0.05) is 24.2 Å². The Morgan fingerprint density at radius 2 is 1.91 bits per heavy atom. The fourth-order valence-corrected chi connectivity index (χ4v) is 3.63.